The van der Waals surface area contributed by atoms with Crippen LogP contribution >= 0.6 is 0 Å². The van der Waals surface area contributed by atoms with Crippen molar-refractivity contribution in [2.45, 2.75) is 59.8 Å². The third-order valence-corrected chi connectivity index (χ3v) is 4.56. The zero-order valence-electron chi connectivity index (χ0n) is 14.0. The number of likely N-dealkylation sites (N-methyl/N-ethyl adjacent to an activating group) is 1. The molecule has 0 radical (unpaired) electrons. The van der Waals surface area contributed by atoms with E-state index in [0.717, 1.165) is 5.92 Å². The van der Waals surface area contributed by atoms with E-state index in [-0.39, 0.29) is 0 Å². The molecule has 0 aromatic carbocycles. The quantitative estimate of drug-likeness (QED) is 0.691. The van der Waals surface area contributed by atoms with Gasteiger partial charge in [-0.3, -0.25) is 0 Å². The summed E-state index contributed by atoms with van der Waals surface area (Å²) in [4.78, 5) is 5.09. The highest BCUT2D eigenvalue weighted by Crippen LogP contribution is 2.27. The molecule has 0 saturated carbocycles. The van der Waals surface area contributed by atoms with Crippen molar-refractivity contribution in [1.29, 1.82) is 0 Å². The summed E-state index contributed by atoms with van der Waals surface area (Å²) >= 11 is 0. The first-order chi connectivity index (χ1) is 8.90. The summed E-state index contributed by atoms with van der Waals surface area (Å²) in [5, 5.41) is 0. The Morgan fingerprint density at radius 3 is 2.16 bits per heavy atom. The number of piperazine rings is 1. The minimum atomic E-state index is 0.505. The molecule has 0 amide bonds. The Hall–Kier alpha value is -0.0800. The van der Waals surface area contributed by atoms with Gasteiger partial charge < -0.3 is 9.80 Å². The first-order valence-electron chi connectivity index (χ1n) is 8.31. The molecule has 0 aliphatic carbocycles. The Balaban J connectivity index is 2.12. The molecule has 0 bridgehead atoms. The third-order valence-electron chi connectivity index (χ3n) is 4.56. The van der Waals surface area contributed by atoms with Gasteiger partial charge in [0.2, 0.25) is 0 Å². The molecule has 1 atom stereocenters. The van der Waals surface area contributed by atoms with Gasteiger partial charge >= 0.3 is 0 Å². The van der Waals surface area contributed by atoms with Crippen LogP contribution < -0.4 is 0 Å². The Labute approximate surface area is 121 Å². The fraction of sp³-hybridized carbons (Fsp3) is 1.00. The smallest absolute Gasteiger partial charge is 0.0110 e. The lowest BCUT2D eigenvalue weighted by Crippen LogP contribution is -2.44. The maximum atomic E-state index is 2.65. The number of nitrogens with zero attached hydrogens (tertiary/aromatic N) is 2. The van der Waals surface area contributed by atoms with E-state index in [4.69, 9.17) is 0 Å². The van der Waals surface area contributed by atoms with Crippen molar-refractivity contribution in [3.05, 3.63) is 0 Å². The van der Waals surface area contributed by atoms with Crippen molar-refractivity contribution in [3.63, 3.8) is 0 Å². The largest absolute Gasteiger partial charge is 0.304 e. The first kappa shape index (κ1) is 17.0. The van der Waals surface area contributed by atoms with Crippen molar-refractivity contribution in [2.24, 2.45) is 11.3 Å². The second kappa shape index (κ2) is 8.26. The van der Waals surface area contributed by atoms with E-state index < -0.39 is 0 Å². The molecule has 1 aliphatic heterocycles. The zero-order valence-corrected chi connectivity index (χ0v) is 14.0. The van der Waals surface area contributed by atoms with E-state index in [1.165, 1.54) is 64.8 Å². The van der Waals surface area contributed by atoms with Crippen molar-refractivity contribution in [3.8, 4) is 0 Å². The molecule has 1 rings (SSSR count). The van der Waals surface area contributed by atoms with E-state index in [0.29, 0.717) is 5.41 Å². The lowest BCUT2D eigenvalue weighted by molar-refractivity contribution is 0.149. The first-order valence-corrected chi connectivity index (χ1v) is 8.31. The van der Waals surface area contributed by atoms with Crippen LogP contribution in [0.15, 0.2) is 0 Å². The fourth-order valence-electron chi connectivity index (χ4n) is 2.86. The van der Waals surface area contributed by atoms with Gasteiger partial charge in [0.05, 0.1) is 0 Å². The summed E-state index contributed by atoms with van der Waals surface area (Å²) < 4.78 is 0. The van der Waals surface area contributed by atoms with Crippen LogP contribution in [0.3, 0.4) is 0 Å². The molecule has 1 saturated heterocycles. The van der Waals surface area contributed by atoms with E-state index >= 15 is 0 Å². The molecule has 0 aromatic rings. The SMILES string of the molecule is CC[C@H](CCCN1CCN(C)CC1)CCC(C)(C)C. The number of hydrogen-bond acceptors (Lipinski definition) is 2. The molecule has 0 N–H and O–H groups in total. The summed E-state index contributed by atoms with van der Waals surface area (Å²) in [7, 11) is 2.23. The number of rotatable bonds is 7. The van der Waals surface area contributed by atoms with E-state index in [9.17, 15) is 0 Å². The average Bonchev–Trinajstić information content (AvgIpc) is 2.34. The van der Waals surface area contributed by atoms with E-state index in [1.54, 1.807) is 0 Å². The normalized spacial score (nSPS) is 20.7. The van der Waals surface area contributed by atoms with Crippen LogP contribution in [0, 0.1) is 11.3 Å². The lowest BCUT2D eigenvalue weighted by Gasteiger charge is -2.32. The molecule has 114 valence electrons. The second-order valence-corrected chi connectivity index (χ2v) is 7.66. The van der Waals surface area contributed by atoms with Gasteiger partial charge in [-0.2, -0.15) is 0 Å². The zero-order chi connectivity index (χ0) is 14.3. The van der Waals surface area contributed by atoms with Crippen LogP contribution in [0.25, 0.3) is 0 Å². The molecule has 0 unspecified atom stereocenters. The monoisotopic (exact) mass is 268 g/mol. The van der Waals surface area contributed by atoms with Gasteiger partial charge in [0.1, 0.15) is 0 Å². The second-order valence-electron chi connectivity index (χ2n) is 7.66. The molecule has 1 heterocycles. The molecule has 0 aromatic heterocycles. The topological polar surface area (TPSA) is 6.48 Å². The highest BCUT2D eigenvalue weighted by molar-refractivity contribution is 4.71. The van der Waals surface area contributed by atoms with Gasteiger partial charge in [-0.1, -0.05) is 34.1 Å². The van der Waals surface area contributed by atoms with Gasteiger partial charge in [0, 0.05) is 26.2 Å². The van der Waals surface area contributed by atoms with Crippen LogP contribution in [-0.2, 0) is 0 Å². The van der Waals surface area contributed by atoms with Gasteiger partial charge in [0.25, 0.3) is 0 Å². The van der Waals surface area contributed by atoms with Crippen LogP contribution in [0.5, 0.6) is 0 Å². The summed E-state index contributed by atoms with van der Waals surface area (Å²) in [6.45, 7) is 15.8. The molecular formula is C17H36N2. The van der Waals surface area contributed by atoms with Crippen molar-refractivity contribution in [2.75, 3.05) is 39.8 Å². The van der Waals surface area contributed by atoms with Crippen LogP contribution in [0.1, 0.15) is 59.8 Å². The Morgan fingerprint density at radius 2 is 1.63 bits per heavy atom. The fourth-order valence-corrected chi connectivity index (χ4v) is 2.86. The lowest BCUT2D eigenvalue weighted by atomic mass is 9.84. The Bertz CT molecular complexity index is 224. The van der Waals surface area contributed by atoms with Crippen LogP contribution in [0.4, 0.5) is 0 Å². The van der Waals surface area contributed by atoms with Crippen LogP contribution in [0.2, 0.25) is 0 Å². The van der Waals surface area contributed by atoms with E-state index in [2.05, 4.69) is 44.5 Å². The summed E-state index contributed by atoms with van der Waals surface area (Å²) in [6, 6.07) is 0. The predicted molar refractivity (Wildman–Crippen MR) is 85.6 cm³/mol. The molecule has 19 heavy (non-hydrogen) atoms. The molecule has 2 nitrogen and oxygen atoms in total. The van der Waals surface area contributed by atoms with Gasteiger partial charge in [-0.15, -0.1) is 0 Å². The maximum absolute atomic E-state index is 2.65. The van der Waals surface area contributed by atoms with Gasteiger partial charge in [0.15, 0.2) is 0 Å². The number of hydrogen-bond donors (Lipinski definition) is 0. The third kappa shape index (κ3) is 7.94. The van der Waals surface area contributed by atoms with Gasteiger partial charge in [-0.25, -0.2) is 0 Å². The highest BCUT2D eigenvalue weighted by atomic mass is 15.2. The molecular weight excluding hydrogens is 232 g/mol. The van der Waals surface area contributed by atoms with E-state index in [1.807, 2.05) is 0 Å². The van der Waals surface area contributed by atoms with Crippen LogP contribution in [-0.4, -0.2) is 49.6 Å². The predicted octanol–water partition coefficient (Wildman–Crippen LogP) is 3.87. The minimum Gasteiger partial charge on any atom is -0.304 e. The van der Waals surface area contributed by atoms with Crippen molar-refractivity contribution >= 4 is 0 Å². The standard InChI is InChI=1S/C17H36N2/c1-6-16(9-10-17(2,3)4)8-7-11-19-14-12-18(5)13-15-19/h16H,6-15H2,1-5H3/t16-/m1/s1. The van der Waals surface area contributed by atoms with Gasteiger partial charge in [-0.05, 0) is 50.6 Å². The Kier molecular flexibility index (Phi) is 7.38. The summed E-state index contributed by atoms with van der Waals surface area (Å²) in [5.41, 5.74) is 0.505. The molecule has 1 fully saturated rings. The molecule has 2 heteroatoms. The minimum absolute atomic E-state index is 0.505. The summed E-state index contributed by atoms with van der Waals surface area (Å²) in [6.07, 6.45) is 6.98. The maximum Gasteiger partial charge on any atom is 0.0110 e. The summed E-state index contributed by atoms with van der Waals surface area (Å²) in [5.74, 6) is 0.951. The highest BCUT2D eigenvalue weighted by Gasteiger charge is 2.16. The van der Waals surface area contributed by atoms with Crippen molar-refractivity contribution in [1.82, 2.24) is 9.80 Å². The molecule has 1 aliphatic rings. The van der Waals surface area contributed by atoms with Crippen molar-refractivity contribution < 1.29 is 0 Å². The average molecular weight is 268 g/mol. The Morgan fingerprint density at radius 1 is 1.00 bits per heavy atom. The molecule has 0 spiro atoms.